The molecule has 0 aliphatic carbocycles. The third kappa shape index (κ3) is 4.27. The van der Waals surface area contributed by atoms with Crippen LogP contribution in [0.3, 0.4) is 0 Å². The van der Waals surface area contributed by atoms with Crippen molar-refractivity contribution in [1.82, 2.24) is 9.80 Å². The number of carbonyl (C=O) groups excluding carboxylic acids is 3. The first-order valence-electron chi connectivity index (χ1n) is 11.6. The van der Waals surface area contributed by atoms with Crippen molar-refractivity contribution in [1.29, 1.82) is 0 Å². The fraction of sp³-hybridized carbons (Fsp3) is 0.360. The molecule has 0 aromatic heterocycles. The Morgan fingerprint density at radius 3 is 2.14 bits per heavy atom. The zero-order valence-corrected chi connectivity index (χ0v) is 19.0. The average molecular weight is 479 g/mol. The Hall–Kier alpha value is -4.08. The van der Waals surface area contributed by atoms with Crippen molar-refractivity contribution in [2.24, 2.45) is 0 Å². The summed E-state index contributed by atoms with van der Waals surface area (Å²) in [6, 6.07) is 10.6. The Balaban J connectivity index is 1.18. The number of anilines is 1. The molecule has 0 radical (unpaired) electrons. The van der Waals surface area contributed by atoms with Crippen LogP contribution in [-0.2, 0) is 9.59 Å². The second kappa shape index (κ2) is 9.28. The molecule has 0 spiro atoms. The predicted molar refractivity (Wildman–Crippen MR) is 124 cm³/mol. The molecule has 0 bridgehead atoms. The molecule has 182 valence electrons. The van der Waals surface area contributed by atoms with Gasteiger partial charge in [0.2, 0.25) is 5.91 Å². The molecule has 10 heteroatoms. The molecule has 0 saturated carbocycles. The summed E-state index contributed by atoms with van der Waals surface area (Å²) in [5, 5.41) is 9.72. The van der Waals surface area contributed by atoms with Gasteiger partial charge in [0.15, 0.2) is 11.5 Å². The number of ether oxygens (including phenoxy) is 2. The van der Waals surface area contributed by atoms with Gasteiger partial charge >= 0.3 is 5.97 Å². The number of hydrogen-bond acceptors (Lipinski definition) is 7. The number of fused-ring (bicyclic) bond motifs is 2. The number of carbonyl (C=O) groups is 4. The highest BCUT2D eigenvalue weighted by Crippen LogP contribution is 2.34. The summed E-state index contributed by atoms with van der Waals surface area (Å²) in [6.45, 7) is 3.24. The molecule has 3 heterocycles. The quantitative estimate of drug-likeness (QED) is 0.622. The Kier molecular flexibility index (Phi) is 6.02. The van der Waals surface area contributed by atoms with Crippen LogP contribution in [0.15, 0.2) is 42.5 Å². The number of benzene rings is 2. The van der Waals surface area contributed by atoms with Gasteiger partial charge in [-0.15, -0.1) is 0 Å². The number of aliphatic carboxylic acids is 1. The van der Waals surface area contributed by atoms with Gasteiger partial charge in [-0.2, -0.15) is 0 Å². The lowest BCUT2D eigenvalue weighted by Crippen LogP contribution is -2.49. The molecule has 2 aromatic rings. The molecule has 1 fully saturated rings. The van der Waals surface area contributed by atoms with Crippen LogP contribution >= 0.6 is 0 Å². The fourth-order valence-corrected chi connectivity index (χ4v) is 4.72. The van der Waals surface area contributed by atoms with Gasteiger partial charge in [-0.25, -0.2) is 4.79 Å². The molecule has 3 aliphatic heterocycles. The van der Waals surface area contributed by atoms with Crippen LogP contribution in [0.2, 0.25) is 0 Å². The highest BCUT2D eigenvalue weighted by atomic mass is 16.6. The van der Waals surface area contributed by atoms with Crippen LogP contribution in [0.5, 0.6) is 11.5 Å². The number of carboxylic acids is 1. The largest absolute Gasteiger partial charge is 0.486 e. The molecule has 3 aliphatic rings. The zero-order chi connectivity index (χ0) is 24.5. The molecule has 35 heavy (non-hydrogen) atoms. The van der Waals surface area contributed by atoms with Crippen molar-refractivity contribution in [2.45, 2.75) is 18.9 Å². The normalized spacial score (nSPS) is 17.9. The lowest BCUT2D eigenvalue weighted by Gasteiger charge is -2.36. The number of carboxylic acid groups (broad SMARTS) is 1. The van der Waals surface area contributed by atoms with Crippen LogP contribution in [0.1, 0.15) is 33.6 Å². The Morgan fingerprint density at radius 1 is 0.886 bits per heavy atom. The van der Waals surface area contributed by atoms with E-state index in [0.717, 1.165) is 16.3 Å². The summed E-state index contributed by atoms with van der Waals surface area (Å²) in [5.74, 6) is -1.36. The van der Waals surface area contributed by atoms with E-state index in [-0.39, 0.29) is 29.9 Å². The maximum atomic E-state index is 12.8. The molecular formula is C25H25N3O7. The SMILES string of the molecule is O=C(O)[C@H](CCC(=O)N1CCN(c2ccc3c(c2)OCCO3)CC1)N1C(=O)c2ccccc2C1=O. The van der Waals surface area contributed by atoms with Crippen molar-refractivity contribution in [3.8, 4) is 11.5 Å². The molecule has 5 rings (SSSR count). The number of rotatable bonds is 6. The first-order valence-corrected chi connectivity index (χ1v) is 11.6. The van der Waals surface area contributed by atoms with Gasteiger partial charge in [0.25, 0.3) is 11.8 Å². The van der Waals surface area contributed by atoms with Crippen molar-refractivity contribution in [3.05, 3.63) is 53.6 Å². The summed E-state index contributed by atoms with van der Waals surface area (Å²) in [7, 11) is 0. The first-order chi connectivity index (χ1) is 16.9. The van der Waals surface area contributed by atoms with Crippen LogP contribution < -0.4 is 14.4 Å². The number of hydrogen-bond donors (Lipinski definition) is 1. The summed E-state index contributed by atoms with van der Waals surface area (Å²) in [5.41, 5.74) is 1.36. The molecular weight excluding hydrogens is 454 g/mol. The molecule has 1 N–H and O–H groups in total. The van der Waals surface area contributed by atoms with Gasteiger partial charge in [-0.3, -0.25) is 19.3 Å². The standard InChI is InChI=1S/C25H25N3O7/c29-22(8-6-19(25(32)33)28-23(30)17-3-1-2-4-18(17)24(28)31)27-11-9-26(10-12-27)16-5-7-20-21(15-16)35-14-13-34-20/h1-5,7,15,19H,6,8-14H2,(H,32,33)/t19-/m0/s1. The van der Waals surface area contributed by atoms with E-state index in [9.17, 15) is 24.3 Å². The van der Waals surface area contributed by atoms with Crippen molar-refractivity contribution >= 4 is 29.4 Å². The summed E-state index contributed by atoms with van der Waals surface area (Å²) < 4.78 is 11.2. The van der Waals surface area contributed by atoms with E-state index in [4.69, 9.17) is 9.47 Å². The lowest BCUT2D eigenvalue weighted by molar-refractivity contribution is -0.142. The summed E-state index contributed by atoms with van der Waals surface area (Å²) in [4.78, 5) is 54.7. The lowest BCUT2D eigenvalue weighted by atomic mass is 10.1. The number of nitrogens with zero attached hydrogens (tertiary/aromatic N) is 3. The van der Waals surface area contributed by atoms with Gasteiger partial charge in [0.1, 0.15) is 19.3 Å². The third-order valence-corrected chi connectivity index (χ3v) is 6.58. The van der Waals surface area contributed by atoms with Gasteiger partial charge in [-0.05, 0) is 30.7 Å². The average Bonchev–Trinajstić information content (AvgIpc) is 3.14. The first kappa shape index (κ1) is 22.7. The van der Waals surface area contributed by atoms with E-state index < -0.39 is 23.8 Å². The zero-order valence-electron chi connectivity index (χ0n) is 19.0. The highest BCUT2D eigenvalue weighted by Gasteiger charge is 2.42. The molecule has 1 saturated heterocycles. The molecule has 1 atom stereocenters. The Bertz CT molecular complexity index is 1150. The molecule has 0 unspecified atom stereocenters. The third-order valence-electron chi connectivity index (χ3n) is 6.58. The van der Waals surface area contributed by atoms with Gasteiger partial charge in [-0.1, -0.05) is 12.1 Å². The van der Waals surface area contributed by atoms with Crippen LogP contribution in [0.4, 0.5) is 5.69 Å². The van der Waals surface area contributed by atoms with E-state index in [0.29, 0.717) is 45.1 Å². The van der Waals surface area contributed by atoms with Gasteiger partial charge < -0.3 is 24.4 Å². The number of imide groups is 1. The minimum Gasteiger partial charge on any atom is -0.486 e. The smallest absolute Gasteiger partial charge is 0.326 e. The maximum absolute atomic E-state index is 12.8. The summed E-state index contributed by atoms with van der Waals surface area (Å²) >= 11 is 0. The number of amides is 3. The van der Waals surface area contributed by atoms with Crippen molar-refractivity contribution in [3.63, 3.8) is 0 Å². The Morgan fingerprint density at radius 2 is 1.51 bits per heavy atom. The summed E-state index contributed by atoms with van der Waals surface area (Å²) in [6.07, 6.45) is -0.212. The van der Waals surface area contributed by atoms with E-state index in [1.54, 1.807) is 17.0 Å². The predicted octanol–water partition coefficient (Wildman–Crippen LogP) is 1.64. The second-order valence-electron chi connectivity index (χ2n) is 8.61. The van der Waals surface area contributed by atoms with Crippen molar-refractivity contribution in [2.75, 3.05) is 44.3 Å². The fourth-order valence-electron chi connectivity index (χ4n) is 4.72. The van der Waals surface area contributed by atoms with E-state index in [1.807, 2.05) is 18.2 Å². The van der Waals surface area contributed by atoms with Crippen LogP contribution in [0.25, 0.3) is 0 Å². The van der Waals surface area contributed by atoms with E-state index in [1.165, 1.54) is 12.1 Å². The highest BCUT2D eigenvalue weighted by molar-refractivity contribution is 6.22. The Labute approximate surface area is 201 Å². The molecule has 10 nitrogen and oxygen atoms in total. The minimum atomic E-state index is -1.40. The van der Waals surface area contributed by atoms with Crippen molar-refractivity contribution < 1.29 is 33.8 Å². The number of piperazine rings is 1. The van der Waals surface area contributed by atoms with Crippen LogP contribution in [-0.4, -0.2) is 84.0 Å². The molecule has 3 amide bonds. The minimum absolute atomic E-state index is 0.0750. The van der Waals surface area contributed by atoms with E-state index >= 15 is 0 Å². The van der Waals surface area contributed by atoms with E-state index in [2.05, 4.69) is 4.90 Å². The second-order valence-corrected chi connectivity index (χ2v) is 8.61. The van der Waals surface area contributed by atoms with Gasteiger partial charge in [0.05, 0.1) is 11.1 Å². The van der Waals surface area contributed by atoms with Crippen LogP contribution in [0, 0.1) is 0 Å². The molecule has 2 aromatic carbocycles. The topological polar surface area (TPSA) is 117 Å². The maximum Gasteiger partial charge on any atom is 0.326 e. The van der Waals surface area contributed by atoms with Gasteiger partial charge in [0, 0.05) is 44.4 Å². The monoisotopic (exact) mass is 479 g/mol.